The number of nitrogens with zero attached hydrogens (tertiary/aromatic N) is 1. The lowest BCUT2D eigenvalue weighted by Gasteiger charge is -2.29. The number of rotatable bonds is 8. The molecule has 0 spiro atoms. The van der Waals surface area contributed by atoms with Crippen LogP contribution in [0.15, 0.2) is 53.0 Å². The zero-order valence-corrected chi connectivity index (χ0v) is 21.9. The first-order valence-corrected chi connectivity index (χ1v) is 12.7. The van der Waals surface area contributed by atoms with Crippen molar-refractivity contribution in [1.82, 2.24) is 0 Å². The molecule has 4 nitrogen and oxygen atoms in total. The molecule has 1 N–H and O–H groups in total. The Morgan fingerprint density at radius 2 is 1.82 bits per heavy atom. The number of hydrogen-bond acceptors (Lipinski definition) is 4. The molecular formula is C26H26BrCl2FN2O2. The van der Waals surface area contributed by atoms with Crippen LogP contribution in [0.5, 0.6) is 11.5 Å². The van der Waals surface area contributed by atoms with Crippen molar-refractivity contribution in [2.45, 2.75) is 32.4 Å². The standard InChI is InChI=1S/C26H26BrCl2FN2O2/c1-33-25-13-17(12-20(27)26(25)34-16-19-21(28)6-5-7-23(19)30)15-31-18-8-9-24(22(29)14-18)32-10-3-2-4-11-32/h5-9,12-14,31H,2-4,10-11,15-16H2,1H3. The zero-order chi connectivity index (χ0) is 24.1. The van der Waals surface area contributed by atoms with Gasteiger partial charge in [0.05, 0.1) is 27.3 Å². The van der Waals surface area contributed by atoms with Gasteiger partial charge in [0.2, 0.25) is 0 Å². The van der Waals surface area contributed by atoms with Gasteiger partial charge >= 0.3 is 0 Å². The molecule has 4 rings (SSSR count). The van der Waals surface area contributed by atoms with Crippen molar-refractivity contribution in [2.75, 3.05) is 30.4 Å². The number of ether oxygens (including phenoxy) is 2. The highest BCUT2D eigenvalue weighted by Gasteiger charge is 2.16. The molecule has 0 atom stereocenters. The minimum atomic E-state index is -0.409. The monoisotopic (exact) mass is 566 g/mol. The SMILES string of the molecule is COc1cc(CNc2ccc(N3CCCCC3)c(Cl)c2)cc(Br)c1OCc1c(F)cccc1Cl. The van der Waals surface area contributed by atoms with Crippen LogP contribution in [-0.4, -0.2) is 20.2 Å². The molecule has 3 aromatic rings. The molecule has 0 saturated carbocycles. The average molecular weight is 568 g/mol. The second-order valence-electron chi connectivity index (χ2n) is 8.17. The van der Waals surface area contributed by atoms with E-state index in [9.17, 15) is 4.39 Å². The van der Waals surface area contributed by atoms with Gasteiger partial charge in [0.1, 0.15) is 12.4 Å². The predicted octanol–water partition coefficient (Wildman–Crippen LogP) is 8.09. The Morgan fingerprint density at radius 3 is 2.53 bits per heavy atom. The van der Waals surface area contributed by atoms with Crippen LogP contribution in [0.25, 0.3) is 0 Å². The second kappa shape index (κ2) is 11.5. The van der Waals surface area contributed by atoms with E-state index in [1.54, 1.807) is 19.2 Å². The topological polar surface area (TPSA) is 33.7 Å². The molecule has 180 valence electrons. The van der Waals surface area contributed by atoms with Crippen LogP contribution in [0, 0.1) is 5.82 Å². The fourth-order valence-electron chi connectivity index (χ4n) is 4.04. The molecule has 0 radical (unpaired) electrons. The zero-order valence-electron chi connectivity index (χ0n) is 18.8. The van der Waals surface area contributed by atoms with E-state index in [1.807, 2.05) is 18.2 Å². The molecule has 0 amide bonds. The maximum Gasteiger partial charge on any atom is 0.175 e. The lowest BCUT2D eigenvalue weighted by molar-refractivity contribution is 0.278. The largest absolute Gasteiger partial charge is 0.493 e. The summed E-state index contributed by atoms with van der Waals surface area (Å²) in [5.41, 5.74) is 3.31. The van der Waals surface area contributed by atoms with Crippen molar-refractivity contribution in [3.8, 4) is 11.5 Å². The third-order valence-electron chi connectivity index (χ3n) is 5.85. The lowest BCUT2D eigenvalue weighted by Crippen LogP contribution is -2.29. The molecule has 0 bridgehead atoms. The van der Waals surface area contributed by atoms with Gasteiger partial charge in [-0.3, -0.25) is 0 Å². The molecule has 1 fully saturated rings. The van der Waals surface area contributed by atoms with Crippen molar-refractivity contribution >= 4 is 50.5 Å². The van der Waals surface area contributed by atoms with Crippen molar-refractivity contribution in [3.63, 3.8) is 0 Å². The maximum absolute atomic E-state index is 14.1. The number of benzene rings is 3. The van der Waals surface area contributed by atoms with Crippen LogP contribution in [0.2, 0.25) is 10.0 Å². The summed E-state index contributed by atoms with van der Waals surface area (Å²) in [6.07, 6.45) is 3.70. The van der Waals surface area contributed by atoms with Gasteiger partial charge in [-0.05, 0) is 83.2 Å². The summed E-state index contributed by atoms with van der Waals surface area (Å²) in [5.74, 6) is 0.616. The van der Waals surface area contributed by atoms with Gasteiger partial charge in [0, 0.05) is 30.9 Å². The lowest BCUT2D eigenvalue weighted by atomic mass is 10.1. The molecule has 0 aliphatic carbocycles. The Bertz CT molecular complexity index is 1140. The molecule has 8 heteroatoms. The van der Waals surface area contributed by atoms with Gasteiger partial charge in [0.15, 0.2) is 11.5 Å². The summed E-state index contributed by atoms with van der Waals surface area (Å²) < 4.78 is 26.2. The molecule has 34 heavy (non-hydrogen) atoms. The summed E-state index contributed by atoms with van der Waals surface area (Å²) in [6, 6.07) is 14.5. The fourth-order valence-corrected chi connectivity index (χ4v) is 5.16. The van der Waals surface area contributed by atoms with Crippen LogP contribution in [-0.2, 0) is 13.2 Å². The molecule has 1 saturated heterocycles. The van der Waals surface area contributed by atoms with Crippen LogP contribution in [0.4, 0.5) is 15.8 Å². The molecule has 3 aromatic carbocycles. The third-order valence-corrected chi connectivity index (χ3v) is 7.10. The van der Waals surface area contributed by atoms with E-state index >= 15 is 0 Å². The van der Waals surface area contributed by atoms with Gasteiger partial charge in [0.25, 0.3) is 0 Å². The first-order chi connectivity index (χ1) is 16.5. The van der Waals surface area contributed by atoms with Crippen molar-refractivity contribution < 1.29 is 13.9 Å². The Morgan fingerprint density at radius 1 is 1.03 bits per heavy atom. The van der Waals surface area contributed by atoms with Gasteiger partial charge in [-0.15, -0.1) is 0 Å². The first-order valence-electron chi connectivity index (χ1n) is 11.2. The number of hydrogen-bond donors (Lipinski definition) is 1. The number of anilines is 2. The van der Waals surface area contributed by atoms with Gasteiger partial charge in [-0.1, -0.05) is 29.3 Å². The highest BCUT2D eigenvalue weighted by Crippen LogP contribution is 2.38. The molecular weight excluding hydrogens is 542 g/mol. The normalized spacial score (nSPS) is 13.6. The van der Waals surface area contributed by atoms with E-state index in [0.29, 0.717) is 33.1 Å². The van der Waals surface area contributed by atoms with E-state index in [-0.39, 0.29) is 6.61 Å². The van der Waals surface area contributed by atoms with Crippen LogP contribution >= 0.6 is 39.1 Å². The minimum Gasteiger partial charge on any atom is -0.493 e. The smallest absolute Gasteiger partial charge is 0.175 e. The average Bonchev–Trinajstić information content (AvgIpc) is 2.83. The van der Waals surface area contributed by atoms with Crippen LogP contribution < -0.4 is 19.7 Å². The predicted molar refractivity (Wildman–Crippen MR) is 141 cm³/mol. The fraction of sp³-hybridized carbons (Fsp3) is 0.308. The van der Waals surface area contributed by atoms with Crippen LogP contribution in [0.3, 0.4) is 0 Å². The first kappa shape index (κ1) is 25.0. The molecule has 1 aliphatic heterocycles. The van der Waals surface area contributed by atoms with Crippen molar-refractivity contribution in [2.24, 2.45) is 0 Å². The van der Waals surface area contributed by atoms with E-state index < -0.39 is 5.82 Å². The highest BCUT2D eigenvalue weighted by molar-refractivity contribution is 9.10. The number of piperidine rings is 1. The molecule has 0 aromatic heterocycles. The summed E-state index contributed by atoms with van der Waals surface area (Å²) in [5, 5.41) is 4.49. The number of methoxy groups -OCH3 is 1. The Hall–Kier alpha value is -2.15. The summed E-state index contributed by atoms with van der Waals surface area (Å²) in [4.78, 5) is 2.35. The number of halogens is 4. The maximum atomic E-state index is 14.1. The van der Waals surface area contributed by atoms with E-state index in [1.165, 1.54) is 25.3 Å². The summed E-state index contributed by atoms with van der Waals surface area (Å²) >= 11 is 16.3. The van der Waals surface area contributed by atoms with E-state index in [0.717, 1.165) is 35.1 Å². The van der Waals surface area contributed by atoms with E-state index in [4.69, 9.17) is 32.7 Å². The minimum absolute atomic E-state index is 0.0140. The highest BCUT2D eigenvalue weighted by atomic mass is 79.9. The van der Waals surface area contributed by atoms with E-state index in [2.05, 4.69) is 38.3 Å². The van der Waals surface area contributed by atoms with Gasteiger partial charge in [-0.25, -0.2) is 4.39 Å². The molecule has 1 heterocycles. The Balaban J connectivity index is 1.44. The van der Waals surface area contributed by atoms with Gasteiger partial charge < -0.3 is 19.7 Å². The molecule has 0 unspecified atom stereocenters. The second-order valence-corrected chi connectivity index (χ2v) is 9.83. The van der Waals surface area contributed by atoms with Crippen molar-refractivity contribution in [3.05, 3.63) is 80.0 Å². The number of nitrogens with one attached hydrogen (secondary N) is 1. The molecule has 1 aliphatic rings. The quantitative estimate of drug-likeness (QED) is 0.298. The third kappa shape index (κ3) is 5.91. The van der Waals surface area contributed by atoms with Gasteiger partial charge in [-0.2, -0.15) is 0 Å². The summed E-state index contributed by atoms with van der Waals surface area (Å²) in [7, 11) is 1.57. The van der Waals surface area contributed by atoms with Crippen molar-refractivity contribution in [1.29, 1.82) is 0 Å². The van der Waals surface area contributed by atoms with Crippen LogP contribution in [0.1, 0.15) is 30.4 Å². The Kier molecular flexibility index (Phi) is 8.46. The summed E-state index contributed by atoms with van der Waals surface area (Å²) in [6.45, 7) is 2.66. The Labute approximate surface area is 218 Å².